The Hall–Kier alpha value is -5.67. The first kappa shape index (κ1) is 24.0. The number of aromatic nitrogens is 1. The van der Waals surface area contributed by atoms with E-state index >= 15 is 0 Å². The van der Waals surface area contributed by atoms with Crippen LogP contribution in [0.1, 0.15) is 22.7 Å². The number of nitrogens with zero attached hydrogens (tertiary/aromatic N) is 2. The van der Waals surface area contributed by atoms with Gasteiger partial charge in [0.05, 0.1) is 28.3 Å². The molecule has 0 spiro atoms. The number of hydrogen-bond acceptors (Lipinski definition) is 2. The minimum Gasteiger partial charge on any atom is -0.359 e. The Labute approximate surface area is 249 Å². The summed E-state index contributed by atoms with van der Waals surface area (Å²) in [6.07, 6.45) is 2.25. The molecule has 0 saturated heterocycles. The highest BCUT2D eigenvalue weighted by molar-refractivity contribution is 6.23. The molecule has 0 saturated carbocycles. The number of rotatable bonds is 4. The van der Waals surface area contributed by atoms with Gasteiger partial charge in [-0.3, -0.25) is 0 Å². The average molecular weight is 550 g/mol. The molecule has 0 radical (unpaired) electrons. The summed E-state index contributed by atoms with van der Waals surface area (Å²) in [6.45, 7) is 0. The van der Waals surface area contributed by atoms with Gasteiger partial charge >= 0.3 is 0 Å². The lowest BCUT2D eigenvalue weighted by molar-refractivity contribution is 0.781. The van der Waals surface area contributed by atoms with Crippen LogP contribution in [0.3, 0.4) is 0 Å². The minimum atomic E-state index is -0.00588. The molecule has 43 heavy (non-hydrogen) atoms. The topological polar surface area (TPSA) is 28.8 Å². The predicted molar refractivity (Wildman–Crippen MR) is 180 cm³/mol. The van der Waals surface area contributed by atoms with Gasteiger partial charge in [0.2, 0.25) is 0 Å². The van der Waals surface area contributed by atoms with Crippen molar-refractivity contribution in [3.05, 3.63) is 168 Å². The molecule has 3 nitrogen and oxygen atoms in total. The summed E-state index contributed by atoms with van der Waals surface area (Å²) < 4.78 is 2.43. The summed E-state index contributed by atoms with van der Waals surface area (Å²) in [7, 11) is 0. The molecule has 1 unspecified atom stereocenters. The molecular formula is C40H27N3. The third kappa shape index (κ3) is 3.79. The zero-order valence-electron chi connectivity index (χ0n) is 23.4. The highest BCUT2D eigenvalue weighted by Gasteiger charge is 2.22. The van der Waals surface area contributed by atoms with E-state index in [4.69, 9.17) is 4.99 Å². The monoisotopic (exact) mass is 549 g/mol. The lowest BCUT2D eigenvalue weighted by Gasteiger charge is -2.24. The number of aliphatic imine (C=N–C) groups is 1. The van der Waals surface area contributed by atoms with Gasteiger partial charge in [-0.15, -0.1) is 0 Å². The molecule has 6 aromatic carbocycles. The number of nitrogens with one attached hydrogen (secondary N) is 1. The Morgan fingerprint density at radius 3 is 1.98 bits per heavy atom. The molecule has 1 aliphatic heterocycles. The van der Waals surface area contributed by atoms with Crippen LogP contribution in [-0.2, 0) is 0 Å². The van der Waals surface area contributed by atoms with Crippen molar-refractivity contribution in [3.63, 3.8) is 0 Å². The van der Waals surface area contributed by atoms with Crippen LogP contribution < -0.4 is 5.32 Å². The second-order valence-electron chi connectivity index (χ2n) is 11.3. The number of fused-ring (bicyclic) bond motifs is 6. The maximum absolute atomic E-state index is 5.26. The van der Waals surface area contributed by atoms with Crippen molar-refractivity contribution in [2.24, 2.45) is 4.99 Å². The molecule has 202 valence electrons. The van der Waals surface area contributed by atoms with E-state index in [-0.39, 0.29) is 6.04 Å². The van der Waals surface area contributed by atoms with E-state index < -0.39 is 0 Å². The van der Waals surface area contributed by atoms with E-state index in [0.717, 1.165) is 22.7 Å². The van der Waals surface area contributed by atoms with Gasteiger partial charge in [-0.25, -0.2) is 4.99 Å². The summed E-state index contributed by atoms with van der Waals surface area (Å²) in [5.41, 5.74) is 10.5. The van der Waals surface area contributed by atoms with Gasteiger partial charge in [0.25, 0.3) is 0 Å². The molecular weight excluding hydrogens is 522 g/mol. The molecule has 9 rings (SSSR count). The maximum atomic E-state index is 5.26. The molecule has 0 amide bonds. The molecule has 0 fully saturated rings. The molecule has 0 bridgehead atoms. The van der Waals surface area contributed by atoms with Crippen molar-refractivity contribution in [3.8, 4) is 11.1 Å². The van der Waals surface area contributed by atoms with Crippen LogP contribution in [0.4, 0.5) is 0 Å². The van der Waals surface area contributed by atoms with Gasteiger partial charge in [-0.05, 0) is 41.0 Å². The largest absolute Gasteiger partial charge is 0.359 e. The standard InChI is InChI=1S/C40H27N3/c1-3-11-26(12-4-1)28-15-9-16-29(23-28)36-25-35(27-13-5-2-6-14-27)41-40(42-36)30-21-22-32-34-19-10-18-33-31-17-7-8-20-37(31)43(39(33)34)38(32)24-30/h1-25,35H,(H,41,42). The summed E-state index contributed by atoms with van der Waals surface area (Å²) in [4.78, 5) is 5.26. The van der Waals surface area contributed by atoms with Crippen LogP contribution in [0.15, 0.2) is 157 Å². The quantitative estimate of drug-likeness (QED) is 0.233. The van der Waals surface area contributed by atoms with Crippen LogP contribution in [0.2, 0.25) is 0 Å². The van der Waals surface area contributed by atoms with Crippen molar-refractivity contribution in [1.82, 2.24) is 9.72 Å². The van der Waals surface area contributed by atoms with E-state index in [2.05, 4.69) is 161 Å². The summed E-state index contributed by atoms with van der Waals surface area (Å²) in [5, 5.41) is 8.90. The van der Waals surface area contributed by atoms with Crippen LogP contribution in [0, 0.1) is 0 Å². The van der Waals surface area contributed by atoms with E-state index in [9.17, 15) is 0 Å². The van der Waals surface area contributed by atoms with Crippen LogP contribution >= 0.6 is 0 Å². The zero-order valence-corrected chi connectivity index (χ0v) is 23.4. The van der Waals surface area contributed by atoms with E-state index in [1.165, 1.54) is 54.8 Å². The fourth-order valence-electron chi connectivity index (χ4n) is 6.75. The minimum absolute atomic E-state index is 0.00588. The van der Waals surface area contributed by atoms with Gasteiger partial charge in [0.1, 0.15) is 5.84 Å². The first-order chi connectivity index (χ1) is 21.3. The normalized spacial score (nSPS) is 15.2. The van der Waals surface area contributed by atoms with E-state index in [0.29, 0.717) is 0 Å². The summed E-state index contributed by atoms with van der Waals surface area (Å²) in [6, 6.07) is 52.0. The van der Waals surface area contributed by atoms with E-state index in [1.54, 1.807) is 0 Å². The van der Waals surface area contributed by atoms with Crippen LogP contribution in [-0.4, -0.2) is 10.2 Å². The molecule has 2 aromatic heterocycles. The van der Waals surface area contributed by atoms with Gasteiger partial charge in [-0.1, -0.05) is 127 Å². The average Bonchev–Trinajstić information content (AvgIpc) is 3.61. The Bertz CT molecular complexity index is 2360. The number of amidine groups is 1. The lowest BCUT2D eigenvalue weighted by Crippen LogP contribution is -2.31. The van der Waals surface area contributed by atoms with Gasteiger partial charge in [-0.2, -0.15) is 0 Å². The number of para-hydroxylation sites is 2. The Balaban J connectivity index is 1.23. The Morgan fingerprint density at radius 1 is 0.488 bits per heavy atom. The molecule has 0 aliphatic carbocycles. The maximum Gasteiger partial charge on any atom is 0.134 e. The molecule has 1 atom stereocenters. The Morgan fingerprint density at radius 2 is 1.14 bits per heavy atom. The molecule has 3 heterocycles. The third-order valence-electron chi connectivity index (χ3n) is 8.77. The fourth-order valence-corrected chi connectivity index (χ4v) is 6.75. The predicted octanol–water partition coefficient (Wildman–Crippen LogP) is 9.64. The Kier molecular flexibility index (Phi) is 5.26. The van der Waals surface area contributed by atoms with Crippen molar-refractivity contribution in [2.75, 3.05) is 0 Å². The van der Waals surface area contributed by atoms with Crippen molar-refractivity contribution >= 4 is 49.6 Å². The smallest absolute Gasteiger partial charge is 0.134 e. The van der Waals surface area contributed by atoms with Gasteiger partial charge in [0, 0.05) is 32.7 Å². The molecule has 1 N–H and O–H groups in total. The molecule has 1 aliphatic rings. The zero-order chi connectivity index (χ0) is 28.3. The summed E-state index contributed by atoms with van der Waals surface area (Å²) >= 11 is 0. The van der Waals surface area contributed by atoms with Crippen LogP contribution in [0.5, 0.6) is 0 Å². The second-order valence-corrected chi connectivity index (χ2v) is 11.3. The third-order valence-corrected chi connectivity index (χ3v) is 8.77. The molecule has 3 heteroatoms. The highest BCUT2D eigenvalue weighted by Crippen LogP contribution is 2.39. The van der Waals surface area contributed by atoms with Crippen molar-refractivity contribution in [1.29, 1.82) is 0 Å². The second kappa shape index (κ2) is 9.43. The van der Waals surface area contributed by atoms with Gasteiger partial charge < -0.3 is 9.72 Å². The van der Waals surface area contributed by atoms with Crippen molar-refractivity contribution in [2.45, 2.75) is 6.04 Å². The first-order valence-corrected chi connectivity index (χ1v) is 14.8. The SMILES string of the molecule is C1=C(c2cccc(-c3ccccc3)c2)N=C(c2ccc3c4cccc5c6ccccc6n(c3c2)c54)NC1c1ccccc1. The number of benzene rings is 6. The lowest BCUT2D eigenvalue weighted by atomic mass is 9.98. The van der Waals surface area contributed by atoms with Gasteiger partial charge in [0.15, 0.2) is 0 Å². The van der Waals surface area contributed by atoms with Crippen molar-refractivity contribution < 1.29 is 0 Å². The van der Waals surface area contributed by atoms with E-state index in [1.807, 2.05) is 0 Å². The highest BCUT2D eigenvalue weighted by atomic mass is 15.0. The number of hydrogen-bond donors (Lipinski definition) is 1. The van der Waals surface area contributed by atoms with Crippen LogP contribution in [0.25, 0.3) is 54.9 Å². The fraction of sp³-hybridized carbons (Fsp3) is 0.0250. The summed E-state index contributed by atoms with van der Waals surface area (Å²) in [5.74, 6) is 0.878. The first-order valence-electron chi connectivity index (χ1n) is 14.8. The molecule has 8 aromatic rings.